The van der Waals surface area contributed by atoms with E-state index < -0.39 is 0 Å². The SMILES string of the molecule is N#Cc1cnc(N(c2ccccn2)N2CCCC2)nc1NC1CCCC1. The van der Waals surface area contributed by atoms with Crippen LogP contribution in [0.2, 0.25) is 0 Å². The molecule has 1 saturated heterocycles. The van der Waals surface area contributed by atoms with Crippen LogP contribution in [0.5, 0.6) is 0 Å². The molecular formula is C19H23N7. The van der Waals surface area contributed by atoms with Gasteiger partial charge in [-0.25, -0.2) is 20.0 Å². The third kappa shape index (κ3) is 3.46. The Balaban J connectivity index is 1.69. The molecule has 0 aromatic carbocycles. The Morgan fingerprint density at radius 2 is 1.92 bits per heavy atom. The fourth-order valence-corrected chi connectivity index (χ4v) is 3.68. The van der Waals surface area contributed by atoms with Gasteiger partial charge in [-0.05, 0) is 37.8 Å². The highest BCUT2D eigenvalue weighted by molar-refractivity contribution is 5.58. The minimum Gasteiger partial charge on any atom is -0.366 e. The molecule has 0 spiro atoms. The quantitative estimate of drug-likeness (QED) is 0.887. The van der Waals surface area contributed by atoms with Crippen molar-refractivity contribution in [1.29, 1.82) is 5.26 Å². The first-order valence-electron chi connectivity index (χ1n) is 9.35. The summed E-state index contributed by atoms with van der Waals surface area (Å²) in [6, 6.07) is 8.43. The average Bonchev–Trinajstić information content (AvgIpc) is 3.38. The second-order valence-corrected chi connectivity index (χ2v) is 6.83. The highest BCUT2D eigenvalue weighted by Gasteiger charge is 2.26. The molecule has 134 valence electrons. The molecule has 1 saturated carbocycles. The van der Waals surface area contributed by atoms with Gasteiger partial charge in [0.1, 0.15) is 23.3 Å². The van der Waals surface area contributed by atoms with Gasteiger partial charge in [-0.15, -0.1) is 0 Å². The van der Waals surface area contributed by atoms with Gasteiger partial charge < -0.3 is 5.32 Å². The van der Waals surface area contributed by atoms with Crippen molar-refractivity contribution in [2.45, 2.75) is 44.6 Å². The largest absolute Gasteiger partial charge is 0.366 e. The van der Waals surface area contributed by atoms with Gasteiger partial charge in [0.05, 0.1) is 6.20 Å². The lowest BCUT2D eigenvalue weighted by molar-refractivity contribution is 0.337. The summed E-state index contributed by atoms with van der Waals surface area (Å²) in [5.74, 6) is 1.99. The summed E-state index contributed by atoms with van der Waals surface area (Å²) in [7, 11) is 0. The Labute approximate surface area is 153 Å². The molecule has 2 aliphatic rings. The molecule has 2 aromatic heterocycles. The number of hydrogen-bond donors (Lipinski definition) is 1. The van der Waals surface area contributed by atoms with Gasteiger partial charge in [0.2, 0.25) is 5.95 Å². The fraction of sp³-hybridized carbons (Fsp3) is 0.474. The topological polar surface area (TPSA) is 81.0 Å². The number of nitrogens with zero attached hydrogens (tertiary/aromatic N) is 6. The van der Waals surface area contributed by atoms with Crippen LogP contribution in [0.1, 0.15) is 44.1 Å². The van der Waals surface area contributed by atoms with Gasteiger partial charge in [-0.1, -0.05) is 18.9 Å². The minimum absolute atomic E-state index is 0.389. The number of pyridine rings is 1. The highest BCUT2D eigenvalue weighted by atomic mass is 15.7. The van der Waals surface area contributed by atoms with E-state index in [0.717, 1.165) is 44.6 Å². The van der Waals surface area contributed by atoms with Gasteiger partial charge in [0.15, 0.2) is 0 Å². The molecule has 4 rings (SSSR count). The third-order valence-electron chi connectivity index (χ3n) is 5.01. The first-order valence-corrected chi connectivity index (χ1v) is 9.35. The molecule has 0 unspecified atom stereocenters. The minimum atomic E-state index is 0.389. The van der Waals surface area contributed by atoms with Crippen LogP contribution < -0.4 is 10.3 Å². The van der Waals surface area contributed by atoms with Crippen LogP contribution in [0.4, 0.5) is 17.6 Å². The number of nitriles is 1. The number of nitrogens with one attached hydrogen (secondary N) is 1. The van der Waals surface area contributed by atoms with Gasteiger partial charge >= 0.3 is 0 Å². The van der Waals surface area contributed by atoms with E-state index in [0.29, 0.717) is 23.4 Å². The normalized spacial score (nSPS) is 18.0. The first kappa shape index (κ1) is 16.7. The van der Waals surface area contributed by atoms with E-state index in [9.17, 15) is 5.26 Å². The molecular weight excluding hydrogens is 326 g/mol. The molecule has 1 aliphatic heterocycles. The van der Waals surface area contributed by atoms with E-state index in [1.165, 1.54) is 12.8 Å². The zero-order chi connectivity index (χ0) is 17.8. The van der Waals surface area contributed by atoms with E-state index in [4.69, 9.17) is 4.98 Å². The molecule has 1 N–H and O–H groups in total. The average molecular weight is 349 g/mol. The number of aromatic nitrogens is 3. The Bertz CT molecular complexity index is 774. The van der Waals surface area contributed by atoms with Crippen LogP contribution in [-0.2, 0) is 0 Å². The molecule has 2 aromatic rings. The third-order valence-corrected chi connectivity index (χ3v) is 5.01. The number of hydrogen-bond acceptors (Lipinski definition) is 7. The molecule has 0 atom stereocenters. The van der Waals surface area contributed by atoms with Crippen LogP contribution in [-0.4, -0.2) is 39.1 Å². The van der Waals surface area contributed by atoms with Gasteiger partial charge in [0, 0.05) is 25.3 Å². The van der Waals surface area contributed by atoms with Crippen LogP contribution in [0.3, 0.4) is 0 Å². The molecule has 2 fully saturated rings. The van der Waals surface area contributed by atoms with E-state index in [-0.39, 0.29) is 0 Å². The van der Waals surface area contributed by atoms with Gasteiger partial charge in [-0.3, -0.25) is 0 Å². The molecule has 26 heavy (non-hydrogen) atoms. The highest BCUT2D eigenvalue weighted by Crippen LogP contribution is 2.28. The standard InChI is InChI=1S/C19H23N7/c20-13-15-14-22-19(24-18(15)23-16-7-1-2-8-16)26(25-11-5-6-12-25)17-9-3-4-10-21-17/h3-4,9-10,14,16H,1-2,5-8,11-12H2,(H,22,23,24). The summed E-state index contributed by atoms with van der Waals surface area (Å²) in [6.07, 6.45) is 10.4. The molecule has 3 heterocycles. The Kier molecular flexibility index (Phi) is 4.93. The van der Waals surface area contributed by atoms with Crippen LogP contribution >= 0.6 is 0 Å². The summed E-state index contributed by atoms with van der Waals surface area (Å²) in [6.45, 7) is 1.90. The van der Waals surface area contributed by atoms with E-state index >= 15 is 0 Å². The number of anilines is 3. The molecule has 0 radical (unpaired) electrons. The molecule has 7 heteroatoms. The maximum absolute atomic E-state index is 9.44. The predicted octanol–water partition coefficient (Wildman–Crippen LogP) is 3.25. The van der Waals surface area contributed by atoms with Crippen molar-refractivity contribution in [2.75, 3.05) is 23.4 Å². The lowest BCUT2D eigenvalue weighted by atomic mass is 10.2. The summed E-state index contributed by atoms with van der Waals surface area (Å²) in [4.78, 5) is 13.7. The maximum atomic E-state index is 9.44. The maximum Gasteiger partial charge on any atom is 0.248 e. The first-order chi connectivity index (χ1) is 12.8. The second-order valence-electron chi connectivity index (χ2n) is 6.83. The molecule has 1 aliphatic carbocycles. The zero-order valence-electron chi connectivity index (χ0n) is 14.8. The van der Waals surface area contributed by atoms with Crippen molar-refractivity contribution in [2.24, 2.45) is 0 Å². The monoisotopic (exact) mass is 349 g/mol. The van der Waals surface area contributed by atoms with Crippen LogP contribution in [0, 0.1) is 11.3 Å². The Hall–Kier alpha value is -2.72. The van der Waals surface area contributed by atoms with Crippen molar-refractivity contribution in [3.63, 3.8) is 0 Å². The van der Waals surface area contributed by atoms with Crippen molar-refractivity contribution in [3.05, 3.63) is 36.2 Å². The Morgan fingerprint density at radius 1 is 1.12 bits per heavy atom. The number of rotatable bonds is 5. The summed E-state index contributed by atoms with van der Waals surface area (Å²) in [5.41, 5.74) is 0.489. The van der Waals surface area contributed by atoms with Gasteiger partial charge in [-0.2, -0.15) is 10.2 Å². The van der Waals surface area contributed by atoms with Crippen molar-refractivity contribution >= 4 is 17.6 Å². The molecule has 0 amide bonds. The summed E-state index contributed by atoms with van der Waals surface area (Å²) in [5, 5.41) is 17.1. The lowest BCUT2D eigenvalue weighted by Crippen LogP contribution is -2.38. The molecule has 0 bridgehead atoms. The predicted molar refractivity (Wildman–Crippen MR) is 99.8 cm³/mol. The number of hydrazine groups is 1. The van der Waals surface area contributed by atoms with E-state index in [1.54, 1.807) is 12.4 Å². The van der Waals surface area contributed by atoms with Crippen molar-refractivity contribution in [1.82, 2.24) is 20.0 Å². The summed E-state index contributed by atoms with van der Waals surface area (Å²) < 4.78 is 0. The van der Waals surface area contributed by atoms with Gasteiger partial charge in [0.25, 0.3) is 0 Å². The van der Waals surface area contributed by atoms with Crippen molar-refractivity contribution in [3.8, 4) is 6.07 Å². The summed E-state index contributed by atoms with van der Waals surface area (Å²) >= 11 is 0. The lowest BCUT2D eigenvalue weighted by Gasteiger charge is -2.30. The second kappa shape index (κ2) is 7.67. The zero-order valence-corrected chi connectivity index (χ0v) is 14.8. The van der Waals surface area contributed by atoms with Crippen LogP contribution in [0.15, 0.2) is 30.6 Å². The van der Waals surface area contributed by atoms with Crippen molar-refractivity contribution < 1.29 is 0 Å². The van der Waals surface area contributed by atoms with Crippen LogP contribution in [0.25, 0.3) is 0 Å². The molecule has 7 nitrogen and oxygen atoms in total. The Morgan fingerprint density at radius 3 is 2.62 bits per heavy atom. The van der Waals surface area contributed by atoms with E-state index in [1.807, 2.05) is 23.2 Å². The van der Waals surface area contributed by atoms with E-state index in [2.05, 4.69) is 26.4 Å². The smallest absolute Gasteiger partial charge is 0.248 e. The fourth-order valence-electron chi connectivity index (χ4n) is 3.68.